The number of rotatable bonds is 3. The quantitative estimate of drug-likeness (QED) is 0.887. The number of benzene rings is 1. The number of hydrogen-bond acceptors (Lipinski definition) is 3. The number of aromatic amines is 1. The monoisotopic (exact) mass is 356 g/mol. The average Bonchev–Trinajstić information content (AvgIpc) is 3.33. The molecule has 1 amide bonds. The van der Waals surface area contributed by atoms with Gasteiger partial charge in [-0.3, -0.25) is 9.89 Å². The maximum atomic E-state index is 14.6. The van der Waals surface area contributed by atoms with Crippen LogP contribution in [0.2, 0.25) is 0 Å². The van der Waals surface area contributed by atoms with Crippen LogP contribution < -0.4 is 5.73 Å². The molecule has 2 aliphatic rings. The van der Waals surface area contributed by atoms with Gasteiger partial charge in [-0.25, -0.2) is 4.39 Å². The van der Waals surface area contributed by atoms with Gasteiger partial charge in [0.2, 0.25) is 5.91 Å². The van der Waals surface area contributed by atoms with E-state index in [0.717, 1.165) is 48.8 Å². The van der Waals surface area contributed by atoms with Gasteiger partial charge in [0.15, 0.2) is 0 Å². The molecule has 4 rings (SSSR count). The predicted molar refractivity (Wildman–Crippen MR) is 97.9 cm³/mol. The van der Waals surface area contributed by atoms with Gasteiger partial charge in [0, 0.05) is 36.8 Å². The van der Waals surface area contributed by atoms with Crippen LogP contribution in [0.15, 0.2) is 30.6 Å². The number of carbonyl (C=O) groups is 1. The fourth-order valence-electron chi connectivity index (χ4n) is 4.36. The van der Waals surface area contributed by atoms with E-state index in [0.29, 0.717) is 13.1 Å². The molecule has 1 aromatic heterocycles. The van der Waals surface area contributed by atoms with Gasteiger partial charge in [0.25, 0.3) is 0 Å². The molecular formula is C20H25FN4O. The smallest absolute Gasteiger partial charge is 0.225 e. The van der Waals surface area contributed by atoms with Crippen LogP contribution in [0.3, 0.4) is 0 Å². The third-order valence-electron chi connectivity index (χ3n) is 5.90. The van der Waals surface area contributed by atoms with Crippen LogP contribution in [-0.4, -0.2) is 40.1 Å². The molecular weight excluding hydrogens is 331 g/mol. The Kier molecular flexibility index (Phi) is 4.76. The van der Waals surface area contributed by atoms with Gasteiger partial charge in [-0.1, -0.05) is 12.1 Å². The molecule has 1 saturated carbocycles. The molecule has 2 atom stereocenters. The Bertz CT molecular complexity index is 768. The minimum atomic E-state index is -0.171. The van der Waals surface area contributed by atoms with E-state index in [4.69, 9.17) is 5.73 Å². The highest BCUT2D eigenvalue weighted by molar-refractivity contribution is 5.79. The first-order valence-electron chi connectivity index (χ1n) is 9.45. The maximum absolute atomic E-state index is 14.6. The standard InChI is InChI=1S/C20H25FN4O/c21-19-10-14(16-11-23-24-12-16)2-4-18(19)13-5-7-25(8-6-13)20(26)15-1-3-17(22)9-15/h2,4,10-13,15,17H,1,3,5-9,22H2,(H,23,24)/t15-,17-/m0/s1. The molecule has 0 radical (unpaired) electrons. The van der Waals surface area contributed by atoms with Crippen LogP contribution in [0.1, 0.15) is 43.6 Å². The third-order valence-corrected chi connectivity index (χ3v) is 5.90. The van der Waals surface area contributed by atoms with Crippen LogP contribution in [0.5, 0.6) is 0 Å². The SMILES string of the molecule is N[C@H]1CC[C@H](C(=O)N2CCC(c3ccc(-c4cn[nH]c4)cc3F)CC2)C1. The molecule has 1 aromatic carbocycles. The zero-order valence-corrected chi connectivity index (χ0v) is 14.8. The first-order valence-corrected chi connectivity index (χ1v) is 9.45. The molecule has 1 saturated heterocycles. The lowest BCUT2D eigenvalue weighted by Crippen LogP contribution is -2.41. The summed E-state index contributed by atoms with van der Waals surface area (Å²) in [4.78, 5) is 14.6. The molecule has 6 heteroatoms. The summed E-state index contributed by atoms with van der Waals surface area (Å²) in [5.41, 5.74) is 8.40. The molecule has 138 valence electrons. The first-order chi connectivity index (χ1) is 12.6. The van der Waals surface area contributed by atoms with Gasteiger partial charge in [0.1, 0.15) is 5.82 Å². The first kappa shape index (κ1) is 17.2. The van der Waals surface area contributed by atoms with E-state index in [1.807, 2.05) is 17.0 Å². The van der Waals surface area contributed by atoms with Gasteiger partial charge in [-0.15, -0.1) is 0 Å². The highest BCUT2D eigenvalue weighted by Gasteiger charge is 2.33. The zero-order chi connectivity index (χ0) is 18.1. The van der Waals surface area contributed by atoms with Crippen molar-refractivity contribution in [3.8, 4) is 11.1 Å². The Hall–Kier alpha value is -2.21. The van der Waals surface area contributed by atoms with E-state index < -0.39 is 0 Å². The van der Waals surface area contributed by atoms with Crippen molar-refractivity contribution < 1.29 is 9.18 Å². The molecule has 2 aromatic rings. The molecule has 0 spiro atoms. The number of amides is 1. The number of nitrogens with zero attached hydrogens (tertiary/aromatic N) is 2. The molecule has 1 aliphatic carbocycles. The van der Waals surface area contributed by atoms with E-state index in [-0.39, 0.29) is 29.6 Å². The molecule has 5 nitrogen and oxygen atoms in total. The van der Waals surface area contributed by atoms with Crippen molar-refractivity contribution in [3.63, 3.8) is 0 Å². The second-order valence-corrected chi connectivity index (χ2v) is 7.59. The van der Waals surface area contributed by atoms with Crippen molar-refractivity contribution in [2.24, 2.45) is 11.7 Å². The number of H-pyrrole nitrogens is 1. The normalized spacial score (nSPS) is 24.2. The minimum absolute atomic E-state index is 0.0903. The van der Waals surface area contributed by atoms with Crippen LogP contribution in [0.25, 0.3) is 11.1 Å². The topological polar surface area (TPSA) is 75.0 Å². The summed E-state index contributed by atoms with van der Waals surface area (Å²) < 4.78 is 14.6. The number of aromatic nitrogens is 2. The van der Waals surface area contributed by atoms with Crippen LogP contribution in [-0.2, 0) is 4.79 Å². The van der Waals surface area contributed by atoms with Gasteiger partial charge in [0.05, 0.1) is 6.20 Å². The molecule has 1 aliphatic heterocycles. The fourth-order valence-corrected chi connectivity index (χ4v) is 4.36. The predicted octanol–water partition coefficient (Wildman–Crippen LogP) is 3.05. The van der Waals surface area contributed by atoms with Crippen molar-refractivity contribution in [2.75, 3.05) is 13.1 Å². The lowest BCUT2D eigenvalue weighted by molar-refractivity contribution is -0.136. The van der Waals surface area contributed by atoms with E-state index in [9.17, 15) is 9.18 Å². The lowest BCUT2D eigenvalue weighted by Gasteiger charge is -2.34. The van der Waals surface area contributed by atoms with Crippen LogP contribution in [0.4, 0.5) is 4.39 Å². The summed E-state index contributed by atoms with van der Waals surface area (Å²) in [7, 11) is 0. The summed E-state index contributed by atoms with van der Waals surface area (Å²) in [6, 6.07) is 5.58. The van der Waals surface area contributed by atoms with Crippen LogP contribution >= 0.6 is 0 Å². The van der Waals surface area contributed by atoms with Crippen LogP contribution in [0, 0.1) is 11.7 Å². The second-order valence-electron chi connectivity index (χ2n) is 7.59. The lowest BCUT2D eigenvalue weighted by atomic mass is 9.87. The molecule has 3 N–H and O–H groups in total. The van der Waals surface area contributed by atoms with E-state index in [1.165, 1.54) is 0 Å². The molecule has 0 unspecified atom stereocenters. The maximum Gasteiger partial charge on any atom is 0.225 e. The summed E-state index contributed by atoms with van der Waals surface area (Å²) in [5.74, 6) is 0.332. The van der Waals surface area contributed by atoms with Crippen molar-refractivity contribution in [3.05, 3.63) is 42.0 Å². The number of nitrogens with two attached hydrogens (primary N) is 1. The zero-order valence-electron chi connectivity index (χ0n) is 14.8. The van der Waals surface area contributed by atoms with E-state index in [1.54, 1.807) is 18.5 Å². The van der Waals surface area contributed by atoms with Gasteiger partial charge < -0.3 is 10.6 Å². The third kappa shape index (κ3) is 3.38. The number of piperidine rings is 1. The fraction of sp³-hybridized carbons (Fsp3) is 0.500. The Balaban J connectivity index is 1.39. The highest BCUT2D eigenvalue weighted by Crippen LogP contribution is 2.34. The Morgan fingerprint density at radius 1 is 1.19 bits per heavy atom. The minimum Gasteiger partial charge on any atom is -0.342 e. The molecule has 2 fully saturated rings. The van der Waals surface area contributed by atoms with Crippen molar-refractivity contribution >= 4 is 5.91 Å². The Morgan fingerprint density at radius 3 is 2.62 bits per heavy atom. The summed E-state index contributed by atoms with van der Waals surface area (Å²) in [6.07, 6.45) is 7.73. The van der Waals surface area contributed by atoms with Crippen molar-refractivity contribution in [1.29, 1.82) is 0 Å². The summed E-state index contributed by atoms with van der Waals surface area (Å²) in [6.45, 7) is 1.41. The number of carbonyl (C=O) groups excluding carboxylic acids is 1. The van der Waals surface area contributed by atoms with Gasteiger partial charge in [-0.05, 0) is 55.2 Å². The van der Waals surface area contributed by atoms with Crippen molar-refractivity contribution in [2.45, 2.75) is 44.1 Å². The number of likely N-dealkylation sites (tertiary alicyclic amines) is 1. The molecule has 2 heterocycles. The highest BCUT2D eigenvalue weighted by atomic mass is 19.1. The van der Waals surface area contributed by atoms with Crippen molar-refractivity contribution in [1.82, 2.24) is 15.1 Å². The number of nitrogens with one attached hydrogen (secondary N) is 1. The Labute approximate surface area is 152 Å². The van der Waals surface area contributed by atoms with E-state index >= 15 is 0 Å². The number of halogens is 1. The molecule has 0 bridgehead atoms. The largest absolute Gasteiger partial charge is 0.342 e. The molecule has 26 heavy (non-hydrogen) atoms. The number of hydrogen-bond donors (Lipinski definition) is 2. The summed E-state index contributed by atoms with van der Waals surface area (Å²) in [5, 5.41) is 6.66. The average molecular weight is 356 g/mol. The Morgan fingerprint density at radius 2 is 2.00 bits per heavy atom. The summed E-state index contributed by atoms with van der Waals surface area (Å²) >= 11 is 0. The second kappa shape index (κ2) is 7.19. The van der Waals surface area contributed by atoms with Gasteiger partial charge in [-0.2, -0.15) is 5.10 Å². The van der Waals surface area contributed by atoms with E-state index in [2.05, 4.69) is 10.2 Å². The van der Waals surface area contributed by atoms with Gasteiger partial charge >= 0.3 is 0 Å².